The number of rotatable bonds is 3. The Morgan fingerprint density at radius 2 is 1.89 bits per heavy atom. The van der Waals surface area contributed by atoms with E-state index >= 15 is 0 Å². The highest BCUT2D eigenvalue weighted by molar-refractivity contribution is 5.31. The molecule has 1 aromatic carbocycles. The molecule has 2 heteroatoms. The fraction of sp³-hybridized carbons (Fsp3) is 0.625. The maximum absolute atomic E-state index is 11.0. The maximum Gasteiger partial charge on any atom is 0.119 e. The zero-order chi connectivity index (χ0) is 13.2. The van der Waals surface area contributed by atoms with Crippen LogP contribution in [-0.4, -0.2) is 11.7 Å². The Hall–Kier alpha value is -1.02. The molecule has 1 aliphatic carbocycles. The van der Waals surface area contributed by atoms with Gasteiger partial charge >= 0.3 is 0 Å². The number of hydrogen-bond donors (Lipinski definition) is 1. The van der Waals surface area contributed by atoms with Crippen LogP contribution in [0.3, 0.4) is 0 Å². The van der Waals surface area contributed by atoms with E-state index < -0.39 is 5.60 Å². The van der Waals surface area contributed by atoms with Crippen molar-refractivity contribution in [2.75, 3.05) is 6.61 Å². The van der Waals surface area contributed by atoms with Crippen molar-refractivity contribution in [3.8, 4) is 5.75 Å². The van der Waals surface area contributed by atoms with Crippen LogP contribution < -0.4 is 4.74 Å². The average Bonchev–Trinajstić information content (AvgIpc) is 2.35. The van der Waals surface area contributed by atoms with Gasteiger partial charge in [0.25, 0.3) is 0 Å². The predicted octanol–water partition coefficient (Wildman–Crippen LogP) is 3.73. The van der Waals surface area contributed by atoms with Gasteiger partial charge in [0.1, 0.15) is 5.75 Å². The molecule has 0 bridgehead atoms. The second kappa shape index (κ2) is 5.31. The van der Waals surface area contributed by atoms with Gasteiger partial charge in [-0.25, -0.2) is 0 Å². The Morgan fingerprint density at radius 1 is 1.22 bits per heavy atom. The minimum atomic E-state index is -0.664. The van der Waals surface area contributed by atoms with Crippen LogP contribution in [0.1, 0.15) is 45.6 Å². The summed E-state index contributed by atoms with van der Waals surface area (Å²) < 4.78 is 5.45. The normalized spacial score (nSPS) is 32.2. The summed E-state index contributed by atoms with van der Waals surface area (Å²) >= 11 is 0. The van der Waals surface area contributed by atoms with Gasteiger partial charge in [-0.3, -0.25) is 0 Å². The Labute approximate surface area is 110 Å². The van der Waals surface area contributed by atoms with Crippen LogP contribution in [0, 0.1) is 11.8 Å². The molecule has 1 fully saturated rings. The van der Waals surface area contributed by atoms with E-state index in [2.05, 4.69) is 13.8 Å². The minimum Gasteiger partial charge on any atom is -0.494 e. The van der Waals surface area contributed by atoms with E-state index in [1.807, 2.05) is 31.2 Å². The van der Waals surface area contributed by atoms with Gasteiger partial charge in [-0.1, -0.05) is 32.4 Å². The first-order valence-electron chi connectivity index (χ1n) is 7.02. The van der Waals surface area contributed by atoms with Gasteiger partial charge in [0.2, 0.25) is 0 Å². The molecule has 0 spiro atoms. The van der Waals surface area contributed by atoms with Crippen LogP contribution in [0.2, 0.25) is 0 Å². The van der Waals surface area contributed by atoms with Gasteiger partial charge in [-0.05, 0) is 49.3 Å². The van der Waals surface area contributed by atoms with Crippen molar-refractivity contribution in [1.29, 1.82) is 0 Å². The number of benzene rings is 1. The fourth-order valence-electron chi connectivity index (χ4n) is 3.02. The molecule has 0 aromatic heterocycles. The van der Waals surface area contributed by atoms with Crippen molar-refractivity contribution in [2.45, 2.75) is 45.6 Å². The van der Waals surface area contributed by atoms with Gasteiger partial charge in [0.05, 0.1) is 12.2 Å². The summed E-state index contributed by atoms with van der Waals surface area (Å²) in [6.45, 7) is 7.04. The fourth-order valence-corrected chi connectivity index (χ4v) is 3.02. The minimum absolute atomic E-state index is 0.326. The summed E-state index contributed by atoms with van der Waals surface area (Å²) in [5, 5.41) is 11.0. The van der Waals surface area contributed by atoms with E-state index in [0.717, 1.165) is 24.2 Å². The van der Waals surface area contributed by atoms with Crippen LogP contribution in [0.4, 0.5) is 0 Å². The molecule has 2 nitrogen and oxygen atoms in total. The Morgan fingerprint density at radius 3 is 2.50 bits per heavy atom. The summed E-state index contributed by atoms with van der Waals surface area (Å²) in [5.74, 6) is 1.80. The standard InChI is InChI=1S/C16H24O2/c1-4-18-15-9-7-14(8-10-15)16(17)11-12(2)5-6-13(16)3/h7-10,12-13,17H,4-6,11H2,1-3H3. The lowest BCUT2D eigenvalue weighted by Crippen LogP contribution is -2.39. The van der Waals surface area contributed by atoms with Crippen molar-refractivity contribution in [1.82, 2.24) is 0 Å². The van der Waals surface area contributed by atoms with Crippen LogP contribution in [0.25, 0.3) is 0 Å². The molecule has 1 aliphatic rings. The van der Waals surface area contributed by atoms with Crippen LogP contribution in [0.15, 0.2) is 24.3 Å². The largest absolute Gasteiger partial charge is 0.494 e. The van der Waals surface area contributed by atoms with E-state index in [-0.39, 0.29) is 0 Å². The molecule has 1 aromatic rings. The van der Waals surface area contributed by atoms with Crippen LogP contribution >= 0.6 is 0 Å². The Bertz CT molecular complexity index is 385. The van der Waals surface area contributed by atoms with Crippen molar-refractivity contribution in [2.24, 2.45) is 11.8 Å². The molecular weight excluding hydrogens is 224 g/mol. The highest BCUT2D eigenvalue weighted by Crippen LogP contribution is 2.44. The molecule has 2 rings (SSSR count). The lowest BCUT2D eigenvalue weighted by molar-refractivity contribution is -0.0627. The summed E-state index contributed by atoms with van der Waals surface area (Å²) in [4.78, 5) is 0. The van der Waals surface area contributed by atoms with Gasteiger partial charge in [0.15, 0.2) is 0 Å². The maximum atomic E-state index is 11.0. The molecular formula is C16H24O2. The predicted molar refractivity (Wildman–Crippen MR) is 73.7 cm³/mol. The molecule has 0 heterocycles. The SMILES string of the molecule is CCOc1ccc(C2(O)CC(C)CCC2C)cc1. The second-order valence-electron chi connectivity index (χ2n) is 5.67. The van der Waals surface area contributed by atoms with Crippen LogP contribution in [-0.2, 0) is 5.60 Å². The molecule has 0 radical (unpaired) electrons. The first-order chi connectivity index (χ1) is 8.56. The molecule has 0 saturated heterocycles. The third kappa shape index (κ3) is 2.54. The van der Waals surface area contributed by atoms with Crippen molar-refractivity contribution >= 4 is 0 Å². The molecule has 1 N–H and O–H groups in total. The molecule has 18 heavy (non-hydrogen) atoms. The Kier molecular flexibility index (Phi) is 3.96. The van der Waals surface area contributed by atoms with Gasteiger partial charge < -0.3 is 9.84 Å². The first-order valence-corrected chi connectivity index (χ1v) is 7.02. The summed E-state index contributed by atoms with van der Waals surface area (Å²) in [7, 11) is 0. The topological polar surface area (TPSA) is 29.5 Å². The molecule has 100 valence electrons. The average molecular weight is 248 g/mol. The summed E-state index contributed by atoms with van der Waals surface area (Å²) in [6.07, 6.45) is 3.19. The van der Waals surface area contributed by atoms with E-state index in [4.69, 9.17) is 4.74 Å². The molecule has 3 unspecified atom stereocenters. The van der Waals surface area contributed by atoms with Crippen molar-refractivity contribution < 1.29 is 9.84 Å². The third-order valence-electron chi connectivity index (χ3n) is 4.23. The second-order valence-corrected chi connectivity index (χ2v) is 5.67. The third-order valence-corrected chi connectivity index (χ3v) is 4.23. The lowest BCUT2D eigenvalue weighted by atomic mass is 9.69. The summed E-state index contributed by atoms with van der Waals surface area (Å²) in [6, 6.07) is 7.95. The first kappa shape index (κ1) is 13.4. The van der Waals surface area contributed by atoms with Gasteiger partial charge in [-0.2, -0.15) is 0 Å². The Balaban J connectivity index is 2.22. The highest BCUT2D eigenvalue weighted by atomic mass is 16.5. The zero-order valence-electron chi connectivity index (χ0n) is 11.6. The summed E-state index contributed by atoms with van der Waals surface area (Å²) in [5.41, 5.74) is 0.368. The quantitative estimate of drug-likeness (QED) is 0.883. The lowest BCUT2D eigenvalue weighted by Gasteiger charge is -2.41. The van der Waals surface area contributed by atoms with E-state index in [1.54, 1.807) is 0 Å². The van der Waals surface area contributed by atoms with Crippen molar-refractivity contribution in [3.63, 3.8) is 0 Å². The van der Waals surface area contributed by atoms with Gasteiger partial charge in [-0.15, -0.1) is 0 Å². The zero-order valence-corrected chi connectivity index (χ0v) is 11.6. The monoisotopic (exact) mass is 248 g/mol. The van der Waals surface area contributed by atoms with E-state index in [9.17, 15) is 5.11 Å². The van der Waals surface area contributed by atoms with E-state index in [0.29, 0.717) is 18.4 Å². The highest BCUT2D eigenvalue weighted by Gasteiger charge is 2.40. The number of hydrogen-bond acceptors (Lipinski definition) is 2. The van der Waals surface area contributed by atoms with Crippen LogP contribution in [0.5, 0.6) is 5.75 Å². The van der Waals surface area contributed by atoms with Gasteiger partial charge in [0, 0.05) is 0 Å². The molecule has 0 amide bonds. The van der Waals surface area contributed by atoms with E-state index in [1.165, 1.54) is 6.42 Å². The number of aliphatic hydroxyl groups is 1. The molecule has 1 saturated carbocycles. The smallest absolute Gasteiger partial charge is 0.119 e. The molecule has 0 aliphatic heterocycles. The number of ether oxygens (including phenoxy) is 1. The van der Waals surface area contributed by atoms with Crippen molar-refractivity contribution in [3.05, 3.63) is 29.8 Å². The molecule has 3 atom stereocenters.